The number of carbonyl (C=O) groups excluding carboxylic acids is 1. The molecule has 0 bridgehead atoms. The van der Waals surface area contributed by atoms with Gasteiger partial charge in [0.15, 0.2) is 5.82 Å². The molecule has 0 fully saturated rings. The van der Waals surface area contributed by atoms with Crippen LogP contribution in [0.2, 0.25) is 0 Å². The lowest BCUT2D eigenvalue weighted by Crippen LogP contribution is -2.27. The van der Waals surface area contributed by atoms with Crippen LogP contribution in [0.25, 0.3) is 0 Å². The molecule has 1 unspecified atom stereocenters. The molecule has 22 heavy (non-hydrogen) atoms. The first-order valence-corrected chi connectivity index (χ1v) is 7.98. The zero-order valence-electron chi connectivity index (χ0n) is 13.2. The molecule has 0 aliphatic carbocycles. The topological polar surface area (TPSA) is 107 Å². The molecule has 1 amide bonds. The molecule has 0 aliphatic heterocycles. The second kappa shape index (κ2) is 6.53. The molecule has 0 spiro atoms. The van der Waals surface area contributed by atoms with Gasteiger partial charge in [-0.1, -0.05) is 25.9 Å². The molecule has 0 aromatic carbocycles. The van der Waals surface area contributed by atoms with E-state index in [-0.39, 0.29) is 17.4 Å². The van der Waals surface area contributed by atoms with Gasteiger partial charge in [0, 0.05) is 17.2 Å². The van der Waals surface area contributed by atoms with Gasteiger partial charge >= 0.3 is 0 Å². The number of nitrogens with two attached hydrogens (primary N) is 1. The van der Waals surface area contributed by atoms with Crippen molar-refractivity contribution in [2.75, 3.05) is 6.54 Å². The van der Waals surface area contributed by atoms with Crippen LogP contribution in [0.3, 0.4) is 0 Å². The van der Waals surface area contributed by atoms with E-state index in [2.05, 4.69) is 20.4 Å². The predicted octanol–water partition coefficient (Wildman–Crippen LogP) is 1.82. The number of rotatable bonds is 5. The number of nitrogens with zero attached hydrogens (tertiary/aromatic N) is 3. The fourth-order valence-corrected chi connectivity index (χ4v) is 2.50. The summed E-state index contributed by atoms with van der Waals surface area (Å²) in [5.41, 5.74) is 5.67. The molecular weight excluding hydrogens is 302 g/mol. The van der Waals surface area contributed by atoms with E-state index < -0.39 is 0 Å². The van der Waals surface area contributed by atoms with Crippen LogP contribution in [0.15, 0.2) is 9.90 Å². The van der Waals surface area contributed by atoms with Crippen molar-refractivity contribution >= 4 is 17.2 Å². The third-order valence-electron chi connectivity index (χ3n) is 2.97. The normalized spacial score (nSPS) is 13.1. The fourth-order valence-electron chi connectivity index (χ4n) is 1.70. The van der Waals surface area contributed by atoms with Crippen molar-refractivity contribution in [2.45, 2.75) is 45.6 Å². The molecule has 7 nitrogen and oxygen atoms in total. The first-order valence-electron chi connectivity index (χ1n) is 7.10. The summed E-state index contributed by atoms with van der Waals surface area (Å²) in [6.45, 7) is 8.31. The maximum absolute atomic E-state index is 12.2. The highest BCUT2D eigenvalue weighted by atomic mass is 32.1. The average molecular weight is 323 g/mol. The molecule has 2 aromatic heterocycles. The Morgan fingerprint density at radius 2 is 2.18 bits per heavy atom. The van der Waals surface area contributed by atoms with Crippen LogP contribution in [0, 0.1) is 0 Å². The summed E-state index contributed by atoms with van der Waals surface area (Å²) >= 11 is 1.43. The van der Waals surface area contributed by atoms with Crippen LogP contribution in [-0.2, 0) is 11.8 Å². The first kappa shape index (κ1) is 16.6. The first-order chi connectivity index (χ1) is 10.3. The van der Waals surface area contributed by atoms with E-state index >= 15 is 0 Å². The van der Waals surface area contributed by atoms with E-state index in [0.717, 1.165) is 5.01 Å². The number of thiazole rings is 1. The fraction of sp³-hybridized carbons (Fsp3) is 0.571. The van der Waals surface area contributed by atoms with Crippen LogP contribution in [0.5, 0.6) is 0 Å². The van der Waals surface area contributed by atoms with Crippen LogP contribution in [0.1, 0.15) is 60.9 Å². The molecule has 0 saturated carbocycles. The molecule has 120 valence electrons. The highest BCUT2D eigenvalue weighted by molar-refractivity contribution is 7.09. The molecule has 3 N–H and O–H groups in total. The van der Waals surface area contributed by atoms with Gasteiger partial charge in [0.2, 0.25) is 5.89 Å². The third-order valence-corrected chi connectivity index (χ3v) is 3.88. The predicted molar refractivity (Wildman–Crippen MR) is 83.8 cm³/mol. The average Bonchev–Trinajstić information content (AvgIpc) is 3.07. The second-order valence-electron chi connectivity index (χ2n) is 6.07. The summed E-state index contributed by atoms with van der Waals surface area (Å²) in [5, 5.41) is 9.34. The summed E-state index contributed by atoms with van der Waals surface area (Å²) in [6, 6.07) is -0.379. The second-order valence-corrected chi connectivity index (χ2v) is 7.01. The third kappa shape index (κ3) is 3.89. The summed E-state index contributed by atoms with van der Waals surface area (Å²) in [7, 11) is 0. The van der Waals surface area contributed by atoms with Crippen molar-refractivity contribution in [3.63, 3.8) is 0 Å². The van der Waals surface area contributed by atoms with Gasteiger partial charge in [-0.2, -0.15) is 4.98 Å². The van der Waals surface area contributed by atoms with Gasteiger partial charge in [-0.3, -0.25) is 4.79 Å². The minimum Gasteiger partial charge on any atom is -0.339 e. The van der Waals surface area contributed by atoms with Gasteiger partial charge in [-0.15, -0.1) is 11.3 Å². The lowest BCUT2D eigenvalue weighted by molar-refractivity contribution is 0.0928. The van der Waals surface area contributed by atoms with Gasteiger partial charge < -0.3 is 15.6 Å². The summed E-state index contributed by atoms with van der Waals surface area (Å²) in [4.78, 5) is 20.7. The molecule has 8 heteroatoms. The highest BCUT2D eigenvalue weighted by Crippen LogP contribution is 2.21. The zero-order valence-corrected chi connectivity index (χ0v) is 14.0. The molecule has 0 radical (unpaired) electrons. The van der Waals surface area contributed by atoms with E-state index in [1.807, 2.05) is 20.8 Å². The molecule has 2 heterocycles. The number of hydrogen-bond donors (Lipinski definition) is 2. The minimum atomic E-state index is -0.379. The molecular formula is C14H21N5O2S. The SMILES string of the molecule is CC(NC(=O)c1csc(CCN)n1)c1nc(C(C)(C)C)no1. The van der Waals surface area contributed by atoms with Crippen molar-refractivity contribution in [2.24, 2.45) is 5.73 Å². The van der Waals surface area contributed by atoms with Crippen LogP contribution in [-0.4, -0.2) is 27.6 Å². The highest BCUT2D eigenvalue weighted by Gasteiger charge is 2.24. The largest absolute Gasteiger partial charge is 0.339 e. The molecule has 2 aromatic rings. The Hall–Kier alpha value is -1.80. The molecule has 2 rings (SSSR count). The van der Waals surface area contributed by atoms with Crippen molar-refractivity contribution in [1.82, 2.24) is 20.4 Å². The number of carbonyl (C=O) groups is 1. The molecule has 1 atom stereocenters. The lowest BCUT2D eigenvalue weighted by atomic mass is 9.96. The summed E-state index contributed by atoms with van der Waals surface area (Å²) in [5.74, 6) is 0.737. The van der Waals surface area contributed by atoms with Crippen molar-refractivity contribution < 1.29 is 9.32 Å². The van der Waals surface area contributed by atoms with Crippen LogP contribution >= 0.6 is 11.3 Å². The maximum Gasteiger partial charge on any atom is 0.271 e. The lowest BCUT2D eigenvalue weighted by Gasteiger charge is -2.11. The number of nitrogens with one attached hydrogen (secondary N) is 1. The van der Waals surface area contributed by atoms with E-state index in [4.69, 9.17) is 10.3 Å². The van der Waals surface area contributed by atoms with Crippen molar-refractivity contribution in [1.29, 1.82) is 0 Å². The number of hydrogen-bond acceptors (Lipinski definition) is 7. The quantitative estimate of drug-likeness (QED) is 0.869. The zero-order chi connectivity index (χ0) is 16.3. The smallest absolute Gasteiger partial charge is 0.271 e. The molecule has 0 aliphatic rings. The van der Waals surface area contributed by atoms with Gasteiger partial charge in [0.05, 0.1) is 5.01 Å². The summed E-state index contributed by atoms with van der Waals surface area (Å²) < 4.78 is 5.22. The Balaban J connectivity index is 2.02. The van der Waals surface area contributed by atoms with E-state index in [9.17, 15) is 4.79 Å². The van der Waals surface area contributed by atoms with E-state index in [1.54, 1.807) is 12.3 Å². The van der Waals surface area contributed by atoms with Gasteiger partial charge in [-0.05, 0) is 13.5 Å². The Morgan fingerprint density at radius 1 is 1.45 bits per heavy atom. The van der Waals surface area contributed by atoms with Crippen LogP contribution in [0.4, 0.5) is 0 Å². The maximum atomic E-state index is 12.2. The Bertz CT molecular complexity index is 644. The van der Waals surface area contributed by atoms with E-state index in [1.165, 1.54) is 11.3 Å². The van der Waals surface area contributed by atoms with Crippen molar-refractivity contribution in [3.8, 4) is 0 Å². The van der Waals surface area contributed by atoms with E-state index in [0.29, 0.717) is 30.4 Å². The monoisotopic (exact) mass is 323 g/mol. The van der Waals surface area contributed by atoms with Crippen molar-refractivity contribution in [3.05, 3.63) is 27.8 Å². The van der Waals surface area contributed by atoms with Gasteiger partial charge in [0.1, 0.15) is 11.7 Å². The number of amides is 1. The Kier molecular flexibility index (Phi) is 4.92. The standard InChI is InChI=1S/C14H21N5O2S/c1-8(12-18-13(19-21-12)14(2,3)4)16-11(20)9-7-22-10(17-9)5-6-15/h7-8H,5-6,15H2,1-4H3,(H,16,20). The van der Waals surface area contributed by atoms with Gasteiger partial charge in [0.25, 0.3) is 5.91 Å². The molecule has 0 saturated heterocycles. The Labute approximate surface area is 133 Å². The Morgan fingerprint density at radius 3 is 2.77 bits per heavy atom. The summed E-state index contributed by atoms with van der Waals surface area (Å²) in [6.07, 6.45) is 0.673. The van der Waals surface area contributed by atoms with Gasteiger partial charge in [-0.25, -0.2) is 4.98 Å². The minimum absolute atomic E-state index is 0.197. The van der Waals surface area contributed by atoms with Crippen LogP contribution < -0.4 is 11.1 Å². The number of aromatic nitrogens is 3.